The van der Waals surface area contributed by atoms with Gasteiger partial charge in [0, 0.05) is 9.58 Å². The highest BCUT2D eigenvalue weighted by molar-refractivity contribution is 7.22. The molecule has 0 aliphatic rings. The second-order valence-corrected chi connectivity index (χ2v) is 5.53. The molecule has 90 valence electrons. The summed E-state index contributed by atoms with van der Waals surface area (Å²) in [6.45, 7) is 2.15. The number of hydrogen-bond donors (Lipinski definition) is 1. The van der Waals surface area contributed by atoms with E-state index in [1.54, 1.807) is 0 Å². The second kappa shape index (κ2) is 4.56. The molecule has 0 atom stereocenters. The van der Waals surface area contributed by atoms with Crippen molar-refractivity contribution in [1.29, 1.82) is 0 Å². The van der Waals surface area contributed by atoms with E-state index in [0.717, 1.165) is 11.1 Å². The summed E-state index contributed by atoms with van der Waals surface area (Å²) in [6, 6.07) is 16.9. The molecule has 3 rings (SSSR count). The van der Waals surface area contributed by atoms with E-state index in [1.165, 1.54) is 20.5 Å². The topological polar surface area (TPSA) is 20.2 Å². The summed E-state index contributed by atoms with van der Waals surface area (Å²) in [4.78, 5) is 1.28. The van der Waals surface area contributed by atoms with Gasteiger partial charge >= 0.3 is 0 Å². The van der Waals surface area contributed by atoms with E-state index in [9.17, 15) is 5.11 Å². The van der Waals surface area contributed by atoms with E-state index in [1.807, 2.05) is 24.3 Å². The number of aryl methyl sites for hydroxylation is 1. The number of hydrogen-bond acceptors (Lipinski definition) is 2. The fraction of sp³-hybridized carbons (Fsp3) is 0.125. The Kier molecular flexibility index (Phi) is 2.90. The zero-order chi connectivity index (χ0) is 12.5. The molecule has 1 aromatic heterocycles. The molecular weight excluding hydrogens is 240 g/mol. The Morgan fingerprint density at radius 1 is 1.06 bits per heavy atom. The van der Waals surface area contributed by atoms with Crippen LogP contribution in [0.4, 0.5) is 0 Å². The summed E-state index contributed by atoms with van der Waals surface area (Å²) in [5.41, 5.74) is 3.37. The van der Waals surface area contributed by atoms with Crippen LogP contribution in [0.5, 0.6) is 0 Å². The Morgan fingerprint density at radius 2 is 1.89 bits per heavy atom. The molecule has 0 radical (unpaired) electrons. The van der Waals surface area contributed by atoms with Crippen LogP contribution < -0.4 is 0 Å². The average Bonchev–Trinajstić information content (AvgIpc) is 2.82. The molecule has 1 nitrogen and oxygen atoms in total. The summed E-state index contributed by atoms with van der Waals surface area (Å²) in [5, 5.41) is 10.5. The Morgan fingerprint density at radius 3 is 2.61 bits per heavy atom. The first-order chi connectivity index (χ1) is 8.78. The summed E-state index contributed by atoms with van der Waals surface area (Å²) in [5.74, 6) is 0. The lowest BCUT2D eigenvalue weighted by Gasteiger charge is -2.04. The van der Waals surface area contributed by atoms with Crippen molar-refractivity contribution in [2.24, 2.45) is 0 Å². The van der Waals surface area contributed by atoms with Crippen molar-refractivity contribution in [2.45, 2.75) is 13.5 Å². The summed E-state index contributed by atoms with van der Waals surface area (Å²) >= 11 is 1.81. The average molecular weight is 254 g/mol. The smallest absolute Gasteiger partial charge is 0.0684 e. The summed E-state index contributed by atoms with van der Waals surface area (Å²) in [7, 11) is 0. The monoisotopic (exact) mass is 254 g/mol. The lowest BCUT2D eigenvalue weighted by molar-refractivity contribution is 0.281. The van der Waals surface area contributed by atoms with Gasteiger partial charge in [-0.3, -0.25) is 0 Å². The molecule has 0 unspecified atom stereocenters. The van der Waals surface area contributed by atoms with Gasteiger partial charge in [-0.2, -0.15) is 0 Å². The van der Waals surface area contributed by atoms with Gasteiger partial charge in [-0.25, -0.2) is 0 Å². The summed E-state index contributed by atoms with van der Waals surface area (Å²) < 4.78 is 1.32. The SMILES string of the molecule is Cc1cc(-c2cc3ccccc3s2)ccc1CO. The van der Waals surface area contributed by atoms with Gasteiger partial charge in [-0.15, -0.1) is 11.3 Å². The van der Waals surface area contributed by atoms with Crippen molar-refractivity contribution in [2.75, 3.05) is 0 Å². The minimum Gasteiger partial charge on any atom is -0.392 e. The molecule has 3 aromatic rings. The van der Waals surface area contributed by atoms with Crippen LogP contribution >= 0.6 is 11.3 Å². The number of rotatable bonds is 2. The highest BCUT2D eigenvalue weighted by Crippen LogP contribution is 2.34. The molecule has 0 aliphatic carbocycles. The van der Waals surface area contributed by atoms with Gasteiger partial charge < -0.3 is 5.11 Å². The van der Waals surface area contributed by atoms with Crippen molar-refractivity contribution in [1.82, 2.24) is 0 Å². The lowest BCUT2D eigenvalue weighted by Crippen LogP contribution is -1.88. The third-order valence-corrected chi connectivity index (χ3v) is 4.39. The Hall–Kier alpha value is -1.64. The van der Waals surface area contributed by atoms with E-state index in [4.69, 9.17) is 0 Å². The van der Waals surface area contributed by atoms with E-state index < -0.39 is 0 Å². The van der Waals surface area contributed by atoms with Crippen LogP contribution in [-0.4, -0.2) is 5.11 Å². The fourth-order valence-electron chi connectivity index (χ4n) is 2.15. The Bertz CT molecular complexity index is 664. The largest absolute Gasteiger partial charge is 0.392 e. The van der Waals surface area contributed by atoms with E-state index in [2.05, 4.69) is 42.5 Å². The Balaban J connectivity index is 2.11. The molecule has 0 saturated carbocycles. The molecule has 0 fully saturated rings. The molecule has 0 aliphatic heterocycles. The van der Waals surface area contributed by atoms with Crippen molar-refractivity contribution in [3.8, 4) is 10.4 Å². The minimum atomic E-state index is 0.110. The highest BCUT2D eigenvalue weighted by Gasteiger charge is 2.05. The van der Waals surface area contributed by atoms with Crippen LogP contribution in [0.1, 0.15) is 11.1 Å². The molecule has 2 heteroatoms. The standard InChI is InChI=1S/C16H14OS/c1-11-8-13(6-7-14(11)10-17)16-9-12-4-2-3-5-15(12)18-16/h2-9,17H,10H2,1H3. The van der Waals surface area contributed by atoms with Gasteiger partial charge in [-0.1, -0.05) is 36.4 Å². The number of thiophene rings is 1. The third-order valence-electron chi connectivity index (χ3n) is 3.22. The molecule has 1 heterocycles. The minimum absolute atomic E-state index is 0.110. The molecule has 2 aromatic carbocycles. The third kappa shape index (κ3) is 1.94. The molecule has 18 heavy (non-hydrogen) atoms. The van der Waals surface area contributed by atoms with E-state index in [0.29, 0.717) is 0 Å². The molecule has 0 saturated heterocycles. The number of fused-ring (bicyclic) bond motifs is 1. The van der Waals surface area contributed by atoms with E-state index >= 15 is 0 Å². The van der Waals surface area contributed by atoms with Gasteiger partial charge in [0.05, 0.1) is 6.61 Å². The molecule has 0 bridgehead atoms. The number of benzene rings is 2. The molecule has 1 N–H and O–H groups in total. The van der Waals surface area contributed by atoms with Crippen molar-refractivity contribution in [3.05, 3.63) is 59.7 Å². The maximum absolute atomic E-state index is 9.20. The normalized spacial score (nSPS) is 11.0. The first-order valence-corrected chi connectivity index (χ1v) is 6.79. The van der Waals surface area contributed by atoms with E-state index in [-0.39, 0.29) is 6.61 Å². The first kappa shape index (κ1) is 11.5. The van der Waals surface area contributed by atoms with Crippen molar-refractivity contribution < 1.29 is 5.11 Å². The van der Waals surface area contributed by atoms with Crippen LogP contribution in [0.25, 0.3) is 20.5 Å². The predicted molar refractivity (Wildman–Crippen MR) is 77.9 cm³/mol. The second-order valence-electron chi connectivity index (χ2n) is 4.45. The maximum atomic E-state index is 9.20. The number of aliphatic hydroxyl groups is 1. The van der Waals surface area contributed by atoms with Crippen molar-refractivity contribution >= 4 is 21.4 Å². The zero-order valence-corrected chi connectivity index (χ0v) is 11.0. The van der Waals surface area contributed by atoms with Crippen LogP contribution in [0.2, 0.25) is 0 Å². The van der Waals surface area contributed by atoms with Gasteiger partial charge in [0.25, 0.3) is 0 Å². The number of aliphatic hydroxyl groups excluding tert-OH is 1. The highest BCUT2D eigenvalue weighted by atomic mass is 32.1. The zero-order valence-electron chi connectivity index (χ0n) is 10.2. The maximum Gasteiger partial charge on any atom is 0.0684 e. The van der Waals surface area contributed by atoms with Gasteiger partial charge in [0.1, 0.15) is 0 Å². The lowest BCUT2D eigenvalue weighted by atomic mass is 10.0. The predicted octanol–water partition coefficient (Wildman–Crippen LogP) is 4.37. The molecule has 0 spiro atoms. The first-order valence-electron chi connectivity index (χ1n) is 5.97. The molecular formula is C16H14OS. The van der Waals surface area contributed by atoms with Gasteiger partial charge in [0.15, 0.2) is 0 Å². The quantitative estimate of drug-likeness (QED) is 0.720. The van der Waals surface area contributed by atoms with Crippen LogP contribution in [-0.2, 0) is 6.61 Å². The van der Waals surface area contributed by atoms with Crippen LogP contribution in [0, 0.1) is 6.92 Å². The summed E-state index contributed by atoms with van der Waals surface area (Å²) in [6.07, 6.45) is 0. The van der Waals surface area contributed by atoms with Gasteiger partial charge in [0.2, 0.25) is 0 Å². The fourth-order valence-corrected chi connectivity index (χ4v) is 3.21. The van der Waals surface area contributed by atoms with Crippen LogP contribution in [0.15, 0.2) is 48.5 Å². The molecule has 0 amide bonds. The Labute approximate surface area is 110 Å². The van der Waals surface area contributed by atoms with Crippen molar-refractivity contribution in [3.63, 3.8) is 0 Å². The van der Waals surface area contributed by atoms with Gasteiger partial charge in [-0.05, 0) is 41.1 Å². The van der Waals surface area contributed by atoms with Crippen LogP contribution in [0.3, 0.4) is 0 Å².